The first-order chi connectivity index (χ1) is 15.6. The molecule has 0 heterocycles. The number of carbonyl (C=O) groups excluding carboxylic acids is 1. The van der Waals surface area contributed by atoms with Crippen LogP contribution in [0.5, 0.6) is 5.75 Å². The minimum Gasteiger partial charge on any atom is -0.494 e. The van der Waals surface area contributed by atoms with E-state index in [1.54, 1.807) is 36.4 Å². The van der Waals surface area contributed by atoms with E-state index in [0.717, 1.165) is 5.56 Å². The summed E-state index contributed by atoms with van der Waals surface area (Å²) in [4.78, 5) is 13.0. The molecule has 0 atom stereocenters. The summed E-state index contributed by atoms with van der Waals surface area (Å²) in [7, 11) is -2.30. The van der Waals surface area contributed by atoms with E-state index < -0.39 is 10.0 Å². The van der Waals surface area contributed by atoms with E-state index in [9.17, 15) is 13.2 Å². The lowest BCUT2D eigenvalue weighted by molar-refractivity contribution is 0.102. The van der Waals surface area contributed by atoms with Gasteiger partial charge in [-0.25, -0.2) is 8.42 Å². The van der Waals surface area contributed by atoms with E-state index in [2.05, 4.69) is 5.32 Å². The third-order valence-corrected chi connectivity index (χ3v) is 7.53. The van der Waals surface area contributed by atoms with Crippen LogP contribution in [0.2, 0.25) is 10.0 Å². The summed E-state index contributed by atoms with van der Waals surface area (Å²) in [6.07, 6.45) is 0. The van der Waals surface area contributed by atoms with Gasteiger partial charge in [0, 0.05) is 40.5 Å². The lowest BCUT2D eigenvalue weighted by Crippen LogP contribution is -2.27. The standard InChI is InChI=1S/C24H24Cl2N2O4S/c1-4-32-23-13-8-17(24(29)27-22-7-5-6-21(26)16(22)2)14-18(23)15-28(3)33(30,31)20-11-9-19(25)10-12-20/h5-14H,4,15H2,1-3H3,(H,27,29). The third-order valence-electron chi connectivity index (χ3n) is 5.05. The molecule has 3 rings (SSSR count). The molecule has 0 saturated heterocycles. The van der Waals surface area contributed by atoms with Crippen LogP contribution in [0.4, 0.5) is 5.69 Å². The van der Waals surface area contributed by atoms with Gasteiger partial charge in [-0.05, 0) is 74.0 Å². The minimum atomic E-state index is -3.77. The van der Waals surface area contributed by atoms with Gasteiger partial charge in [0.15, 0.2) is 0 Å². The number of ether oxygens (including phenoxy) is 1. The molecule has 0 radical (unpaired) electrons. The highest BCUT2D eigenvalue weighted by atomic mass is 35.5. The zero-order valence-electron chi connectivity index (χ0n) is 18.4. The molecule has 0 aliphatic rings. The predicted octanol–water partition coefficient (Wildman–Crippen LogP) is 5.77. The molecule has 1 amide bonds. The van der Waals surface area contributed by atoms with Gasteiger partial charge >= 0.3 is 0 Å². The zero-order chi connectivity index (χ0) is 24.2. The Balaban J connectivity index is 1.89. The highest BCUT2D eigenvalue weighted by Crippen LogP contribution is 2.27. The van der Waals surface area contributed by atoms with Gasteiger partial charge in [-0.3, -0.25) is 4.79 Å². The molecule has 3 aromatic carbocycles. The molecule has 33 heavy (non-hydrogen) atoms. The van der Waals surface area contributed by atoms with Crippen molar-refractivity contribution < 1.29 is 17.9 Å². The molecule has 1 N–H and O–H groups in total. The number of amides is 1. The maximum atomic E-state index is 13.0. The normalized spacial score (nSPS) is 11.5. The second kappa shape index (κ2) is 10.6. The van der Waals surface area contributed by atoms with Crippen LogP contribution in [-0.2, 0) is 16.6 Å². The summed E-state index contributed by atoms with van der Waals surface area (Å²) in [6.45, 7) is 4.06. The molecular weight excluding hydrogens is 483 g/mol. The first kappa shape index (κ1) is 25.1. The summed E-state index contributed by atoms with van der Waals surface area (Å²) < 4.78 is 32.9. The highest BCUT2D eigenvalue weighted by Gasteiger charge is 2.23. The Bertz CT molecular complexity index is 1260. The van der Waals surface area contributed by atoms with Gasteiger partial charge < -0.3 is 10.1 Å². The molecule has 0 saturated carbocycles. The fraction of sp³-hybridized carbons (Fsp3) is 0.208. The Morgan fingerprint density at radius 2 is 1.76 bits per heavy atom. The quantitative estimate of drug-likeness (QED) is 0.420. The predicted molar refractivity (Wildman–Crippen MR) is 132 cm³/mol. The average Bonchev–Trinajstić information content (AvgIpc) is 2.78. The van der Waals surface area contributed by atoms with E-state index in [4.69, 9.17) is 27.9 Å². The van der Waals surface area contributed by atoms with Gasteiger partial charge in [0.2, 0.25) is 10.0 Å². The number of carbonyl (C=O) groups is 1. The van der Waals surface area contributed by atoms with Crippen LogP contribution < -0.4 is 10.1 Å². The van der Waals surface area contributed by atoms with Crippen LogP contribution in [0.1, 0.15) is 28.4 Å². The summed E-state index contributed by atoms with van der Waals surface area (Å²) in [6, 6.07) is 16.2. The van der Waals surface area contributed by atoms with Crippen LogP contribution >= 0.6 is 23.2 Å². The van der Waals surface area contributed by atoms with Gasteiger partial charge in [-0.1, -0.05) is 29.3 Å². The summed E-state index contributed by atoms with van der Waals surface area (Å²) in [5.41, 5.74) is 2.29. The molecule has 0 bridgehead atoms. The number of nitrogens with one attached hydrogen (secondary N) is 1. The molecule has 0 fully saturated rings. The number of hydrogen-bond donors (Lipinski definition) is 1. The molecule has 6 nitrogen and oxygen atoms in total. The number of sulfonamides is 1. The first-order valence-electron chi connectivity index (χ1n) is 10.2. The highest BCUT2D eigenvalue weighted by molar-refractivity contribution is 7.89. The largest absolute Gasteiger partial charge is 0.494 e. The molecule has 174 valence electrons. The monoisotopic (exact) mass is 506 g/mol. The SMILES string of the molecule is CCOc1ccc(C(=O)Nc2cccc(Cl)c2C)cc1CN(C)S(=O)(=O)c1ccc(Cl)cc1. The molecule has 0 aliphatic heterocycles. The van der Waals surface area contributed by atoms with Crippen molar-refractivity contribution in [1.82, 2.24) is 4.31 Å². The molecular formula is C24H24Cl2N2O4S. The Labute approximate surface area is 204 Å². The number of anilines is 1. The Kier molecular flexibility index (Phi) is 8.02. The maximum absolute atomic E-state index is 13.0. The third kappa shape index (κ3) is 5.86. The van der Waals surface area contributed by atoms with Crippen molar-refractivity contribution in [3.8, 4) is 5.75 Å². The number of hydrogen-bond acceptors (Lipinski definition) is 4. The fourth-order valence-electron chi connectivity index (χ4n) is 3.19. The second-order valence-corrected chi connectivity index (χ2v) is 10.2. The van der Waals surface area contributed by atoms with Crippen molar-refractivity contribution >= 4 is 44.8 Å². The number of halogens is 2. The Morgan fingerprint density at radius 3 is 2.42 bits per heavy atom. The van der Waals surface area contributed by atoms with Crippen molar-refractivity contribution in [2.45, 2.75) is 25.3 Å². The number of benzene rings is 3. The van der Waals surface area contributed by atoms with E-state index >= 15 is 0 Å². The van der Waals surface area contributed by atoms with Gasteiger partial charge in [-0.2, -0.15) is 4.31 Å². The fourth-order valence-corrected chi connectivity index (χ4v) is 4.64. The number of nitrogens with zero attached hydrogens (tertiary/aromatic N) is 1. The molecule has 0 aliphatic carbocycles. The smallest absolute Gasteiger partial charge is 0.255 e. The van der Waals surface area contributed by atoms with Crippen molar-refractivity contribution in [1.29, 1.82) is 0 Å². The average molecular weight is 507 g/mol. The van der Waals surface area contributed by atoms with Crippen LogP contribution in [0.25, 0.3) is 0 Å². The molecule has 3 aromatic rings. The first-order valence-corrected chi connectivity index (χ1v) is 12.4. The summed E-state index contributed by atoms with van der Waals surface area (Å²) in [5, 5.41) is 3.85. The van der Waals surface area contributed by atoms with Crippen LogP contribution in [0, 0.1) is 6.92 Å². The van der Waals surface area contributed by atoms with Crippen molar-refractivity contribution in [2.75, 3.05) is 19.0 Å². The molecule has 9 heteroatoms. The molecule has 0 unspecified atom stereocenters. The van der Waals surface area contributed by atoms with Crippen molar-refractivity contribution in [3.05, 3.63) is 87.4 Å². The second-order valence-electron chi connectivity index (χ2n) is 7.34. The maximum Gasteiger partial charge on any atom is 0.255 e. The van der Waals surface area contributed by atoms with E-state index in [1.807, 2.05) is 13.8 Å². The van der Waals surface area contributed by atoms with Gasteiger partial charge in [0.05, 0.1) is 11.5 Å². The zero-order valence-corrected chi connectivity index (χ0v) is 20.8. The van der Waals surface area contributed by atoms with Crippen molar-refractivity contribution in [2.24, 2.45) is 0 Å². The number of rotatable bonds is 8. The van der Waals surface area contributed by atoms with Crippen LogP contribution in [0.3, 0.4) is 0 Å². The van der Waals surface area contributed by atoms with Crippen LogP contribution in [-0.4, -0.2) is 32.3 Å². The van der Waals surface area contributed by atoms with Gasteiger partial charge in [0.25, 0.3) is 5.91 Å². The van der Waals surface area contributed by atoms with E-state index in [1.165, 1.54) is 35.6 Å². The lowest BCUT2D eigenvalue weighted by atomic mass is 10.1. The van der Waals surface area contributed by atoms with E-state index in [-0.39, 0.29) is 17.3 Å². The molecule has 0 spiro atoms. The minimum absolute atomic E-state index is 0.0115. The van der Waals surface area contributed by atoms with Crippen molar-refractivity contribution in [3.63, 3.8) is 0 Å². The van der Waals surface area contributed by atoms with Crippen LogP contribution in [0.15, 0.2) is 65.6 Å². The molecule has 0 aromatic heterocycles. The topological polar surface area (TPSA) is 75.7 Å². The van der Waals surface area contributed by atoms with E-state index in [0.29, 0.717) is 39.2 Å². The summed E-state index contributed by atoms with van der Waals surface area (Å²) >= 11 is 12.0. The summed E-state index contributed by atoms with van der Waals surface area (Å²) in [5.74, 6) is 0.166. The lowest BCUT2D eigenvalue weighted by Gasteiger charge is -2.20. The van der Waals surface area contributed by atoms with Gasteiger partial charge in [-0.15, -0.1) is 0 Å². The Morgan fingerprint density at radius 1 is 1.06 bits per heavy atom. The Hall–Kier alpha value is -2.58. The van der Waals surface area contributed by atoms with Gasteiger partial charge in [0.1, 0.15) is 5.75 Å².